The van der Waals surface area contributed by atoms with Gasteiger partial charge in [0.05, 0.1) is 19.8 Å². The third-order valence-corrected chi connectivity index (χ3v) is 9.93. The molecule has 49 heavy (non-hydrogen) atoms. The summed E-state index contributed by atoms with van der Waals surface area (Å²) >= 11 is 0. The Kier molecular flexibility index (Phi) is 29.1. The first-order chi connectivity index (χ1) is 23.9. The monoisotopic (exact) mass is 700 g/mol. The van der Waals surface area contributed by atoms with Crippen molar-refractivity contribution in [3.05, 3.63) is 0 Å². The number of aliphatic hydroxyl groups excluding tert-OH is 3. The summed E-state index contributed by atoms with van der Waals surface area (Å²) in [7, 11) is 0. The van der Waals surface area contributed by atoms with Gasteiger partial charge in [-0.3, -0.25) is 9.69 Å². The SMILES string of the molecule is CCCCCCCCCCCCCCCCCCOC(=O)N(CCCCCCCCCCCC)C1O[C@H](CO)[C@H](O)[C@H](O)[C@H]1NC(=O)CN. The highest BCUT2D eigenvalue weighted by atomic mass is 16.6. The Morgan fingerprint density at radius 1 is 0.653 bits per heavy atom. The number of nitrogens with two attached hydrogens (primary N) is 1. The normalized spacial score (nSPS) is 20.7. The van der Waals surface area contributed by atoms with Crippen LogP contribution in [-0.4, -0.2) is 89.1 Å². The number of nitrogens with zero attached hydrogens (tertiary/aromatic N) is 1. The molecule has 10 heteroatoms. The lowest BCUT2D eigenvalue weighted by molar-refractivity contribution is -0.226. The molecule has 1 aliphatic rings. The number of carbonyl (C=O) groups is 2. The molecule has 6 N–H and O–H groups in total. The summed E-state index contributed by atoms with van der Waals surface area (Å²) in [5.41, 5.74) is 5.51. The summed E-state index contributed by atoms with van der Waals surface area (Å²) in [4.78, 5) is 27.1. The van der Waals surface area contributed by atoms with Crippen LogP contribution < -0.4 is 11.1 Å². The summed E-state index contributed by atoms with van der Waals surface area (Å²) in [5.74, 6) is -0.548. The highest BCUT2D eigenvalue weighted by Gasteiger charge is 2.48. The first kappa shape index (κ1) is 45.6. The third kappa shape index (κ3) is 21.5. The fourth-order valence-electron chi connectivity index (χ4n) is 6.75. The lowest BCUT2D eigenvalue weighted by atomic mass is 9.95. The van der Waals surface area contributed by atoms with Crippen LogP contribution in [-0.2, 0) is 14.3 Å². The lowest BCUT2D eigenvalue weighted by Gasteiger charge is -2.46. The van der Waals surface area contributed by atoms with Gasteiger partial charge in [-0.25, -0.2) is 4.79 Å². The summed E-state index contributed by atoms with van der Waals surface area (Å²) in [6.07, 6.45) is 25.9. The average Bonchev–Trinajstić information content (AvgIpc) is 3.10. The van der Waals surface area contributed by atoms with Crippen LogP contribution in [0.4, 0.5) is 4.79 Å². The summed E-state index contributed by atoms with van der Waals surface area (Å²) in [6, 6.07) is -1.12. The van der Waals surface area contributed by atoms with E-state index in [9.17, 15) is 24.9 Å². The van der Waals surface area contributed by atoms with Crippen LogP contribution in [0.25, 0.3) is 0 Å². The lowest BCUT2D eigenvalue weighted by Crippen LogP contribution is -2.69. The van der Waals surface area contributed by atoms with E-state index in [4.69, 9.17) is 15.2 Å². The fourth-order valence-corrected chi connectivity index (χ4v) is 6.75. The van der Waals surface area contributed by atoms with Gasteiger partial charge in [0.15, 0.2) is 6.23 Å². The molecule has 0 bridgehead atoms. The smallest absolute Gasteiger partial charge is 0.411 e. The quantitative estimate of drug-likeness (QED) is 0.0453. The molecule has 0 aromatic carbocycles. The van der Waals surface area contributed by atoms with Gasteiger partial charge in [0, 0.05) is 6.54 Å². The van der Waals surface area contributed by atoms with Crippen LogP contribution in [0, 0.1) is 0 Å². The number of nitrogens with one attached hydrogen (secondary N) is 1. The number of hydrogen-bond donors (Lipinski definition) is 5. The minimum atomic E-state index is -1.46. The van der Waals surface area contributed by atoms with Gasteiger partial charge in [0.1, 0.15) is 24.4 Å². The molecule has 10 nitrogen and oxygen atoms in total. The van der Waals surface area contributed by atoms with Gasteiger partial charge in [-0.15, -0.1) is 0 Å². The standard InChI is InChI=1S/C39H77N3O7/c1-3-5-7-9-11-13-15-16-17-18-19-20-22-24-26-28-30-48-39(47)42(29-27-25-23-21-14-12-10-8-6-4-2)38-35(41-34(44)31-40)37(46)36(45)33(32-43)49-38/h33,35-38,43,45-46H,3-32,40H2,1-2H3,(H,41,44)/t33-,35-,36+,37-,38?/m1/s1. The summed E-state index contributed by atoms with van der Waals surface area (Å²) in [5, 5.41) is 33.8. The van der Waals surface area contributed by atoms with Crippen molar-refractivity contribution in [3.8, 4) is 0 Å². The third-order valence-electron chi connectivity index (χ3n) is 9.93. The molecule has 1 saturated heterocycles. The summed E-state index contributed by atoms with van der Waals surface area (Å²) < 4.78 is 11.6. The van der Waals surface area contributed by atoms with E-state index >= 15 is 0 Å². The molecular weight excluding hydrogens is 622 g/mol. The second-order valence-electron chi connectivity index (χ2n) is 14.3. The molecule has 290 valence electrons. The van der Waals surface area contributed by atoms with E-state index in [-0.39, 0.29) is 13.2 Å². The zero-order valence-electron chi connectivity index (χ0n) is 31.6. The molecule has 2 amide bonds. The van der Waals surface area contributed by atoms with Crippen molar-refractivity contribution in [1.82, 2.24) is 10.2 Å². The van der Waals surface area contributed by atoms with Gasteiger partial charge >= 0.3 is 6.09 Å². The molecule has 1 fully saturated rings. The van der Waals surface area contributed by atoms with Crippen LogP contribution in [0.2, 0.25) is 0 Å². The molecule has 0 aromatic rings. The number of ether oxygens (including phenoxy) is 2. The Hall–Kier alpha value is -1.46. The van der Waals surface area contributed by atoms with Crippen LogP contribution in [0.1, 0.15) is 181 Å². The Bertz CT molecular complexity index is 790. The predicted octanol–water partition coefficient (Wildman–Crippen LogP) is 7.49. The number of carbonyl (C=O) groups excluding carboxylic acids is 2. The highest BCUT2D eigenvalue weighted by molar-refractivity contribution is 5.78. The minimum Gasteiger partial charge on any atom is -0.449 e. The number of aliphatic hydroxyl groups is 3. The molecular formula is C39H77N3O7. The Morgan fingerprint density at radius 3 is 1.47 bits per heavy atom. The summed E-state index contributed by atoms with van der Waals surface area (Å²) in [6.45, 7) is 4.19. The molecule has 1 aliphatic heterocycles. The van der Waals surface area contributed by atoms with Gasteiger partial charge < -0.3 is 35.8 Å². The Labute approximate surface area is 299 Å². The van der Waals surface area contributed by atoms with Crippen LogP contribution >= 0.6 is 0 Å². The molecule has 1 heterocycles. The van der Waals surface area contributed by atoms with Crippen molar-refractivity contribution in [1.29, 1.82) is 0 Å². The average molecular weight is 700 g/mol. The van der Waals surface area contributed by atoms with Crippen LogP contribution in [0.3, 0.4) is 0 Å². The van der Waals surface area contributed by atoms with Gasteiger partial charge in [-0.2, -0.15) is 0 Å². The first-order valence-corrected chi connectivity index (χ1v) is 20.5. The molecule has 0 saturated carbocycles. The number of unbranched alkanes of at least 4 members (excludes halogenated alkanes) is 24. The van der Waals surface area contributed by atoms with Crippen molar-refractivity contribution in [2.75, 3.05) is 26.3 Å². The van der Waals surface area contributed by atoms with Gasteiger partial charge in [-0.05, 0) is 12.8 Å². The van der Waals surface area contributed by atoms with E-state index in [2.05, 4.69) is 19.2 Å². The topological polar surface area (TPSA) is 155 Å². The number of hydrogen-bond acceptors (Lipinski definition) is 8. The highest BCUT2D eigenvalue weighted by Crippen LogP contribution is 2.25. The zero-order chi connectivity index (χ0) is 36.0. The van der Waals surface area contributed by atoms with E-state index in [0.29, 0.717) is 13.0 Å². The van der Waals surface area contributed by atoms with Crippen molar-refractivity contribution in [2.45, 2.75) is 211 Å². The molecule has 0 aromatic heterocycles. The van der Waals surface area contributed by atoms with E-state index in [1.807, 2.05) is 0 Å². The van der Waals surface area contributed by atoms with Crippen molar-refractivity contribution >= 4 is 12.0 Å². The molecule has 1 unspecified atom stereocenters. The van der Waals surface area contributed by atoms with Gasteiger partial charge in [0.25, 0.3) is 0 Å². The molecule has 5 atom stereocenters. The van der Waals surface area contributed by atoms with E-state index in [1.54, 1.807) is 0 Å². The Balaban J connectivity index is 2.50. The van der Waals surface area contributed by atoms with E-state index < -0.39 is 49.2 Å². The maximum Gasteiger partial charge on any atom is 0.411 e. The minimum absolute atomic E-state index is 0.271. The first-order valence-electron chi connectivity index (χ1n) is 20.5. The van der Waals surface area contributed by atoms with Crippen molar-refractivity contribution in [3.63, 3.8) is 0 Å². The van der Waals surface area contributed by atoms with E-state index in [0.717, 1.165) is 38.5 Å². The largest absolute Gasteiger partial charge is 0.449 e. The van der Waals surface area contributed by atoms with Crippen molar-refractivity contribution in [2.24, 2.45) is 5.73 Å². The maximum atomic E-state index is 13.5. The molecule has 1 rings (SSSR count). The second kappa shape index (κ2) is 31.3. The van der Waals surface area contributed by atoms with Crippen molar-refractivity contribution < 1.29 is 34.4 Å². The maximum absolute atomic E-state index is 13.5. The number of amides is 2. The molecule has 0 radical (unpaired) electrons. The Morgan fingerprint density at radius 2 is 1.06 bits per heavy atom. The molecule has 0 aliphatic carbocycles. The van der Waals surface area contributed by atoms with Gasteiger partial charge in [-0.1, -0.05) is 168 Å². The van der Waals surface area contributed by atoms with E-state index in [1.165, 1.54) is 127 Å². The molecule has 0 spiro atoms. The van der Waals surface area contributed by atoms with Gasteiger partial charge in [0.2, 0.25) is 5.91 Å². The number of rotatable bonds is 32. The van der Waals surface area contributed by atoms with Crippen LogP contribution in [0.15, 0.2) is 0 Å². The van der Waals surface area contributed by atoms with Crippen LogP contribution in [0.5, 0.6) is 0 Å². The predicted molar refractivity (Wildman–Crippen MR) is 198 cm³/mol. The zero-order valence-corrected chi connectivity index (χ0v) is 31.6. The fraction of sp³-hybridized carbons (Fsp3) is 0.949. The second-order valence-corrected chi connectivity index (χ2v) is 14.3.